The number of amidine groups is 1. The molecule has 1 aliphatic heterocycles. The number of nitrogens with zero attached hydrogens (tertiary/aromatic N) is 1. The van der Waals surface area contributed by atoms with Gasteiger partial charge in [-0.25, -0.2) is 8.78 Å². The third-order valence-electron chi connectivity index (χ3n) is 2.79. The van der Waals surface area contributed by atoms with Crippen LogP contribution < -0.4 is 5.73 Å². The van der Waals surface area contributed by atoms with Crippen molar-refractivity contribution in [2.75, 3.05) is 5.75 Å². The van der Waals surface area contributed by atoms with Crippen molar-refractivity contribution in [2.45, 2.75) is 18.9 Å². The van der Waals surface area contributed by atoms with Crippen molar-refractivity contribution in [2.24, 2.45) is 10.7 Å². The molecule has 1 aliphatic rings. The van der Waals surface area contributed by atoms with Crippen molar-refractivity contribution in [1.82, 2.24) is 0 Å². The van der Waals surface area contributed by atoms with Crippen LogP contribution in [0.1, 0.15) is 18.9 Å². The van der Waals surface area contributed by atoms with Gasteiger partial charge in [-0.2, -0.15) is 0 Å². The van der Waals surface area contributed by atoms with E-state index >= 15 is 0 Å². The lowest BCUT2D eigenvalue weighted by atomic mass is 9.89. The Morgan fingerprint density at radius 1 is 1.41 bits per heavy atom. The zero-order valence-corrected chi connectivity index (χ0v) is 11.5. The van der Waals surface area contributed by atoms with E-state index in [2.05, 4.69) is 20.9 Å². The second kappa shape index (κ2) is 4.57. The molecule has 0 spiro atoms. The van der Waals surface area contributed by atoms with Gasteiger partial charge in [-0.05, 0) is 35.3 Å². The van der Waals surface area contributed by atoms with Gasteiger partial charge in [0, 0.05) is 17.4 Å². The van der Waals surface area contributed by atoms with Gasteiger partial charge in [0.15, 0.2) is 5.17 Å². The average Bonchev–Trinajstić information content (AvgIpc) is 2.23. The quantitative estimate of drug-likeness (QED) is 0.805. The summed E-state index contributed by atoms with van der Waals surface area (Å²) >= 11 is 4.51. The van der Waals surface area contributed by atoms with E-state index in [0.29, 0.717) is 17.2 Å². The first-order valence-electron chi connectivity index (χ1n) is 5.05. The number of nitrogens with two attached hydrogens (primary N) is 1. The van der Waals surface area contributed by atoms with Crippen LogP contribution in [0, 0.1) is 11.6 Å². The monoisotopic (exact) mass is 320 g/mol. The van der Waals surface area contributed by atoms with Crippen LogP contribution >= 0.6 is 27.7 Å². The maximum atomic E-state index is 13.8. The van der Waals surface area contributed by atoms with Crippen LogP contribution in [0.25, 0.3) is 0 Å². The van der Waals surface area contributed by atoms with Crippen molar-refractivity contribution >= 4 is 32.9 Å². The lowest BCUT2D eigenvalue weighted by molar-refractivity contribution is 0.445. The first-order valence-corrected chi connectivity index (χ1v) is 6.83. The third-order valence-corrected chi connectivity index (χ3v) is 4.19. The molecule has 2 N–H and O–H groups in total. The highest BCUT2D eigenvalue weighted by Gasteiger charge is 2.32. The number of rotatable bonds is 1. The van der Waals surface area contributed by atoms with E-state index in [9.17, 15) is 8.78 Å². The Hall–Kier alpha value is -0.620. The topological polar surface area (TPSA) is 38.4 Å². The number of hydrogen-bond donors (Lipinski definition) is 1. The molecular weight excluding hydrogens is 310 g/mol. The van der Waals surface area contributed by atoms with Gasteiger partial charge in [0.05, 0.1) is 10.0 Å². The zero-order chi connectivity index (χ0) is 12.6. The molecule has 1 aromatic rings. The molecule has 2 rings (SSSR count). The second-order valence-electron chi connectivity index (χ2n) is 4.07. The van der Waals surface area contributed by atoms with Crippen molar-refractivity contribution in [3.63, 3.8) is 0 Å². The molecule has 17 heavy (non-hydrogen) atoms. The van der Waals surface area contributed by atoms with Crippen molar-refractivity contribution in [1.29, 1.82) is 0 Å². The van der Waals surface area contributed by atoms with Crippen LogP contribution in [-0.2, 0) is 5.54 Å². The summed E-state index contributed by atoms with van der Waals surface area (Å²) in [5.41, 5.74) is 5.33. The first-order chi connectivity index (χ1) is 7.92. The van der Waals surface area contributed by atoms with Crippen molar-refractivity contribution in [3.8, 4) is 0 Å². The Labute approximate surface area is 111 Å². The standard InChI is InChI=1S/C11H11BrF2N2S/c1-11(2-3-17-10(15)16-11)6-4-7(12)9(14)5-8(6)13/h4-5H,2-3H2,1H3,(H2,15,16)/t11-/m0/s1. The summed E-state index contributed by atoms with van der Waals surface area (Å²) < 4.78 is 27.2. The molecule has 0 saturated carbocycles. The summed E-state index contributed by atoms with van der Waals surface area (Å²) in [6.45, 7) is 1.81. The Bertz CT molecular complexity index is 493. The van der Waals surface area contributed by atoms with Crippen molar-refractivity contribution in [3.05, 3.63) is 33.8 Å². The molecule has 0 saturated heterocycles. The van der Waals surface area contributed by atoms with Gasteiger partial charge in [-0.3, -0.25) is 4.99 Å². The molecule has 6 heteroatoms. The highest BCUT2D eigenvalue weighted by Crippen LogP contribution is 2.37. The number of benzene rings is 1. The zero-order valence-electron chi connectivity index (χ0n) is 9.14. The fourth-order valence-electron chi connectivity index (χ4n) is 1.82. The van der Waals surface area contributed by atoms with E-state index in [4.69, 9.17) is 5.73 Å². The molecule has 0 aliphatic carbocycles. The smallest absolute Gasteiger partial charge is 0.154 e. The summed E-state index contributed by atoms with van der Waals surface area (Å²) in [6.07, 6.45) is 0.674. The molecular formula is C11H11BrF2N2S. The van der Waals surface area contributed by atoms with Gasteiger partial charge in [-0.1, -0.05) is 11.8 Å². The van der Waals surface area contributed by atoms with Gasteiger partial charge in [0.2, 0.25) is 0 Å². The minimum atomic E-state index is -0.713. The first kappa shape index (κ1) is 12.8. The van der Waals surface area contributed by atoms with Crippen LogP contribution in [-0.4, -0.2) is 10.9 Å². The second-order valence-corrected chi connectivity index (χ2v) is 6.04. The molecule has 0 fully saturated rings. The Morgan fingerprint density at radius 2 is 2.12 bits per heavy atom. The van der Waals surface area contributed by atoms with Crippen molar-refractivity contribution < 1.29 is 8.78 Å². The fraction of sp³-hybridized carbons (Fsp3) is 0.364. The van der Waals surface area contributed by atoms with E-state index in [1.54, 1.807) is 0 Å². The van der Waals surface area contributed by atoms with Crippen LogP contribution in [0.5, 0.6) is 0 Å². The highest BCUT2D eigenvalue weighted by atomic mass is 79.9. The molecule has 0 radical (unpaired) electrons. The van der Waals surface area contributed by atoms with Gasteiger partial charge in [0.25, 0.3) is 0 Å². The number of aliphatic imine (C=N–C) groups is 1. The molecule has 1 aromatic carbocycles. The highest BCUT2D eigenvalue weighted by molar-refractivity contribution is 9.10. The molecule has 0 aromatic heterocycles. The van der Waals surface area contributed by atoms with E-state index in [1.807, 2.05) is 6.92 Å². The molecule has 0 bridgehead atoms. The summed E-state index contributed by atoms with van der Waals surface area (Å²) in [4.78, 5) is 4.29. The maximum absolute atomic E-state index is 13.8. The molecule has 1 heterocycles. The van der Waals surface area contributed by atoms with Gasteiger partial charge in [0.1, 0.15) is 11.6 Å². The largest absolute Gasteiger partial charge is 0.379 e. The number of halogens is 3. The lowest BCUT2D eigenvalue weighted by Crippen LogP contribution is -2.29. The molecule has 0 unspecified atom stereocenters. The minimum Gasteiger partial charge on any atom is -0.379 e. The van der Waals surface area contributed by atoms with Crippen LogP contribution in [0.2, 0.25) is 0 Å². The van der Waals surface area contributed by atoms with E-state index in [0.717, 1.165) is 11.8 Å². The minimum absolute atomic E-state index is 0.238. The summed E-state index contributed by atoms with van der Waals surface area (Å²) in [5.74, 6) is -0.422. The predicted octanol–water partition coefficient (Wildman–Crippen LogP) is 3.39. The summed E-state index contributed by atoms with van der Waals surface area (Å²) in [7, 11) is 0. The predicted molar refractivity (Wildman–Crippen MR) is 70.1 cm³/mol. The Balaban J connectivity index is 2.53. The Morgan fingerprint density at radius 3 is 2.76 bits per heavy atom. The molecule has 0 amide bonds. The van der Waals surface area contributed by atoms with Gasteiger partial charge < -0.3 is 5.73 Å². The van der Waals surface area contributed by atoms with Gasteiger partial charge in [-0.15, -0.1) is 0 Å². The number of hydrogen-bond acceptors (Lipinski definition) is 3. The molecule has 2 nitrogen and oxygen atoms in total. The van der Waals surface area contributed by atoms with Gasteiger partial charge >= 0.3 is 0 Å². The molecule has 1 atom stereocenters. The van der Waals surface area contributed by atoms with Crippen LogP contribution in [0.15, 0.2) is 21.6 Å². The van der Waals surface area contributed by atoms with Crippen LogP contribution in [0.3, 0.4) is 0 Å². The van der Waals surface area contributed by atoms with E-state index < -0.39 is 17.2 Å². The summed E-state index contributed by atoms with van der Waals surface area (Å²) in [5, 5.41) is 0.443. The lowest BCUT2D eigenvalue weighted by Gasteiger charge is -2.30. The Kier molecular flexibility index (Phi) is 3.45. The average molecular weight is 321 g/mol. The number of thioether (sulfide) groups is 1. The SMILES string of the molecule is C[C@@]1(c2cc(Br)c(F)cc2F)CCSC(N)=N1. The molecule has 92 valence electrons. The fourth-order valence-corrected chi connectivity index (χ4v) is 3.13. The van der Waals surface area contributed by atoms with E-state index in [-0.39, 0.29) is 4.47 Å². The summed E-state index contributed by atoms with van der Waals surface area (Å²) in [6, 6.07) is 2.32. The van der Waals surface area contributed by atoms with E-state index in [1.165, 1.54) is 17.8 Å². The maximum Gasteiger partial charge on any atom is 0.154 e. The van der Waals surface area contributed by atoms with Crippen LogP contribution in [0.4, 0.5) is 8.78 Å². The normalized spacial score (nSPS) is 24.6. The third kappa shape index (κ3) is 2.47.